The Kier molecular flexibility index (Phi) is 2.83. The summed E-state index contributed by atoms with van der Waals surface area (Å²) >= 11 is 0. The first-order chi connectivity index (χ1) is 6.00. The van der Waals surface area contributed by atoms with Gasteiger partial charge in [0.2, 0.25) is 0 Å². The van der Waals surface area contributed by atoms with Gasteiger partial charge in [0.25, 0.3) is 0 Å². The first-order valence-electron chi connectivity index (χ1n) is 4.31. The van der Waals surface area contributed by atoms with E-state index >= 15 is 0 Å². The molecule has 0 aromatic carbocycles. The minimum atomic E-state index is -0.213. The Morgan fingerprint density at radius 1 is 1.62 bits per heavy atom. The smallest absolute Gasteiger partial charge is 0.326 e. The van der Waals surface area contributed by atoms with Gasteiger partial charge < -0.3 is 5.73 Å². The van der Waals surface area contributed by atoms with Gasteiger partial charge in [-0.05, 0) is 26.8 Å². The normalized spacial score (nSPS) is 12.9. The molecule has 2 N–H and O–H groups in total. The van der Waals surface area contributed by atoms with E-state index in [1.807, 2.05) is 26.8 Å². The van der Waals surface area contributed by atoms with Crippen molar-refractivity contribution in [1.29, 1.82) is 0 Å². The van der Waals surface area contributed by atoms with Crippen molar-refractivity contribution >= 4 is 0 Å². The van der Waals surface area contributed by atoms with Gasteiger partial charge in [-0.1, -0.05) is 0 Å². The van der Waals surface area contributed by atoms with Crippen LogP contribution in [-0.4, -0.2) is 15.6 Å². The van der Waals surface area contributed by atoms with Crippen LogP contribution in [0, 0.1) is 13.8 Å². The van der Waals surface area contributed by atoms with Gasteiger partial charge in [-0.25, -0.2) is 4.79 Å². The lowest BCUT2D eigenvalue weighted by atomic mass is 10.3. The zero-order valence-electron chi connectivity index (χ0n) is 8.24. The van der Waals surface area contributed by atoms with Gasteiger partial charge in [0.05, 0.1) is 0 Å². The van der Waals surface area contributed by atoms with E-state index in [1.165, 1.54) is 0 Å². The second-order valence-electron chi connectivity index (χ2n) is 3.41. The Labute approximate surface area is 77.4 Å². The standard InChI is InChI=1S/C9H15N3O/c1-6(10)5-12-8(3)4-7(2)11-9(12)13/h4,6H,5,10H2,1-3H3/t6-/m1/s1. The van der Waals surface area contributed by atoms with E-state index in [-0.39, 0.29) is 11.7 Å². The number of nitrogens with two attached hydrogens (primary N) is 1. The molecule has 0 amide bonds. The van der Waals surface area contributed by atoms with E-state index in [0.717, 1.165) is 11.4 Å². The second-order valence-corrected chi connectivity index (χ2v) is 3.41. The van der Waals surface area contributed by atoms with Gasteiger partial charge in [0.1, 0.15) is 0 Å². The van der Waals surface area contributed by atoms with Gasteiger partial charge in [-0.3, -0.25) is 4.57 Å². The van der Waals surface area contributed by atoms with Crippen molar-refractivity contribution < 1.29 is 0 Å². The predicted molar refractivity (Wildman–Crippen MR) is 51.6 cm³/mol. The molecule has 0 aliphatic heterocycles. The maximum atomic E-state index is 11.4. The van der Waals surface area contributed by atoms with E-state index in [9.17, 15) is 4.79 Å². The van der Waals surface area contributed by atoms with Gasteiger partial charge in [0.15, 0.2) is 0 Å². The van der Waals surface area contributed by atoms with Crippen molar-refractivity contribution in [2.75, 3.05) is 0 Å². The minimum Gasteiger partial charge on any atom is -0.326 e. The summed E-state index contributed by atoms with van der Waals surface area (Å²) in [6, 6.07) is 1.85. The Morgan fingerprint density at radius 2 is 2.23 bits per heavy atom. The lowest BCUT2D eigenvalue weighted by Crippen LogP contribution is -2.32. The Balaban J connectivity index is 3.14. The number of aromatic nitrogens is 2. The molecule has 0 aliphatic carbocycles. The van der Waals surface area contributed by atoms with Crippen molar-refractivity contribution in [3.8, 4) is 0 Å². The third-order valence-corrected chi connectivity index (χ3v) is 1.82. The lowest BCUT2D eigenvalue weighted by Gasteiger charge is -2.11. The summed E-state index contributed by atoms with van der Waals surface area (Å²) in [5.74, 6) is 0. The van der Waals surface area contributed by atoms with Crippen LogP contribution in [0.5, 0.6) is 0 Å². The fraction of sp³-hybridized carbons (Fsp3) is 0.556. The molecular formula is C9H15N3O. The van der Waals surface area contributed by atoms with E-state index in [0.29, 0.717) is 6.54 Å². The molecule has 4 nitrogen and oxygen atoms in total. The summed E-state index contributed by atoms with van der Waals surface area (Å²) in [5.41, 5.74) is 7.06. The van der Waals surface area contributed by atoms with Crippen LogP contribution < -0.4 is 11.4 Å². The molecule has 1 atom stereocenters. The number of hydrogen-bond donors (Lipinski definition) is 1. The molecule has 0 radical (unpaired) electrons. The van der Waals surface area contributed by atoms with Gasteiger partial charge in [-0.2, -0.15) is 4.98 Å². The van der Waals surface area contributed by atoms with Crippen LogP contribution in [0.1, 0.15) is 18.3 Å². The third-order valence-electron chi connectivity index (χ3n) is 1.82. The number of nitrogens with zero attached hydrogens (tertiary/aromatic N) is 2. The van der Waals surface area contributed by atoms with Crippen LogP contribution in [-0.2, 0) is 6.54 Å². The van der Waals surface area contributed by atoms with Crippen LogP contribution in [0.15, 0.2) is 10.9 Å². The Hall–Kier alpha value is -1.16. The van der Waals surface area contributed by atoms with Crippen LogP contribution in [0.4, 0.5) is 0 Å². The number of hydrogen-bond acceptors (Lipinski definition) is 3. The van der Waals surface area contributed by atoms with Crippen LogP contribution in [0.3, 0.4) is 0 Å². The molecule has 0 unspecified atom stereocenters. The summed E-state index contributed by atoms with van der Waals surface area (Å²) < 4.78 is 1.59. The van der Waals surface area contributed by atoms with Crippen LogP contribution >= 0.6 is 0 Å². The van der Waals surface area contributed by atoms with E-state index in [4.69, 9.17) is 5.73 Å². The lowest BCUT2D eigenvalue weighted by molar-refractivity contribution is 0.549. The molecule has 1 heterocycles. The summed E-state index contributed by atoms with van der Waals surface area (Å²) in [7, 11) is 0. The van der Waals surface area contributed by atoms with Crippen molar-refractivity contribution in [3.05, 3.63) is 27.9 Å². The van der Waals surface area contributed by atoms with Gasteiger partial charge >= 0.3 is 5.69 Å². The highest BCUT2D eigenvalue weighted by Gasteiger charge is 2.04. The van der Waals surface area contributed by atoms with Crippen molar-refractivity contribution in [2.24, 2.45) is 5.73 Å². The van der Waals surface area contributed by atoms with E-state index in [2.05, 4.69) is 4.98 Å². The SMILES string of the molecule is Cc1cc(C)n(C[C@@H](C)N)c(=O)n1. The molecule has 0 spiro atoms. The predicted octanol–water partition coefficient (Wildman–Crippen LogP) is 0.207. The summed E-state index contributed by atoms with van der Waals surface area (Å²) in [6.45, 7) is 6.09. The topological polar surface area (TPSA) is 60.9 Å². The second kappa shape index (κ2) is 3.70. The summed E-state index contributed by atoms with van der Waals surface area (Å²) in [6.07, 6.45) is 0. The number of aryl methyl sites for hydroxylation is 2. The first-order valence-corrected chi connectivity index (χ1v) is 4.31. The molecule has 0 saturated carbocycles. The summed E-state index contributed by atoms with van der Waals surface area (Å²) in [4.78, 5) is 15.2. The Bertz CT molecular complexity index is 354. The molecule has 72 valence electrons. The molecule has 1 rings (SSSR count). The highest BCUT2D eigenvalue weighted by atomic mass is 16.1. The maximum absolute atomic E-state index is 11.4. The first kappa shape index (κ1) is 9.92. The highest BCUT2D eigenvalue weighted by molar-refractivity contribution is 5.06. The van der Waals surface area contributed by atoms with Crippen molar-refractivity contribution in [3.63, 3.8) is 0 Å². The molecular weight excluding hydrogens is 166 g/mol. The van der Waals surface area contributed by atoms with Crippen LogP contribution in [0.25, 0.3) is 0 Å². The zero-order valence-corrected chi connectivity index (χ0v) is 8.24. The molecule has 0 bridgehead atoms. The van der Waals surface area contributed by atoms with Crippen molar-refractivity contribution in [2.45, 2.75) is 33.4 Å². The quantitative estimate of drug-likeness (QED) is 0.709. The fourth-order valence-electron chi connectivity index (χ4n) is 1.28. The van der Waals surface area contributed by atoms with E-state index in [1.54, 1.807) is 4.57 Å². The molecule has 0 aliphatic rings. The molecule has 0 fully saturated rings. The molecule has 13 heavy (non-hydrogen) atoms. The average molecular weight is 181 g/mol. The van der Waals surface area contributed by atoms with Crippen LogP contribution in [0.2, 0.25) is 0 Å². The highest BCUT2D eigenvalue weighted by Crippen LogP contribution is 1.97. The fourth-order valence-corrected chi connectivity index (χ4v) is 1.28. The maximum Gasteiger partial charge on any atom is 0.348 e. The van der Waals surface area contributed by atoms with Crippen molar-refractivity contribution in [1.82, 2.24) is 9.55 Å². The van der Waals surface area contributed by atoms with Gasteiger partial charge in [0, 0.05) is 24.0 Å². The average Bonchev–Trinajstić information content (AvgIpc) is 1.96. The monoisotopic (exact) mass is 181 g/mol. The Morgan fingerprint density at radius 3 is 2.69 bits per heavy atom. The summed E-state index contributed by atoms with van der Waals surface area (Å²) in [5, 5.41) is 0. The van der Waals surface area contributed by atoms with Gasteiger partial charge in [-0.15, -0.1) is 0 Å². The van der Waals surface area contributed by atoms with E-state index < -0.39 is 0 Å². The molecule has 4 heteroatoms. The molecule has 0 saturated heterocycles. The largest absolute Gasteiger partial charge is 0.348 e. The zero-order chi connectivity index (χ0) is 10.0. The molecule has 1 aromatic heterocycles. The third kappa shape index (κ3) is 2.39. The number of rotatable bonds is 2. The minimum absolute atomic E-state index is 0.0269. The molecule has 1 aromatic rings.